The van der Waals surface area contributed by atoms with Gasteiger partial charge < -0.3 is 4.90 Å². The number of rotatable bonds is 5. The van der Waals surface area contributed by atoms with Crippen molar-refractivity contribution in [3.05, 3.63) is 33.9 Å². The second-order valence-electron chi connectivity index (χ2n) is 6.21. The molecule has 1 aliphatic heterocycles. The number of amides is 1. The van der Waals surface area contributed by atoms with Gasteiger partial charge in [0.05, 0.1) is 21.9 Å². The van der Waals surface area contributed by atoms with Crippen LogP contribution in [0.15, 0.2) is 23.4 Å². The molecule has 0 spiro atoms. The lowest BCUT2D eigenvalue weighted by molar-refractivity contribution is -0.384. The lowest BCUT2D eigenvalue weighted by Crippen LogP contribution is -2.35. The normalized spacial score (nSPS) is 17.4. The van der Waals surface area contributed by atoms with Crippen molar-refractivity contribution in [3.63, 3.8) is 0 Å². The minimum absolute atomic E-state index is 0.00330. The molecule has 130 valence electrons. The Hall–Kier alpha value is -2.49. The first kappa shape index (κ1) is 16.0. The predicted molar refractivity (Wildman–Crippen MR) is 90.6 cm³/mol. The van der Waals surface area contributed by atoms with Gasteiger partial charge in [0.1, 0.15) is 0 Å². The van der Waals surface area contributed by atoms with E-state index >= 15 is 0 Å². The number of aromatic nitrogens is 4. The molecule has 0 N–H and O–H groups in total. The lowest BCUT2D eigenvalue weighted by atomic mass is 10.1. The summed E-state index contributed by atoms with van der Waals surface area (Å²) >= 11 is 1.33. The van der Waals surface area contributed by atoms with E-state index in [1.54, 1.807) is 15.6 Å². The van der Waals surface area contributed by atoms with E-state index in [1.807, 2.05) is 6.92 Å². The fraction of sp³-hybridized carbons (Fsp3) is 0.467. The maximum atomic E-state index is 12.9. The Morgan fingerprint density at radius 2 is 2.24 bits per heavy atom. The summed E-state index contributed by atoms with van der Waals surface area (Å²) in [6.45, 7) is 2.35. The summed E-state index contributed by atoms with van der Waals surface area (Å²) in [6.07, 6.45) is 2.82. The predicted octanol–water partition coefficient (Wildman–Crippen LogP) is 1.99. The second kappa shape index (κ2) is 6.10. The first-order valence-corrected chi connectivity index (χ1v) is 8.96. The van der Waals surface area contributed by atoms with Crippen LogP contribution >= 0.6 is 11.8 Å². The van der Waals surface area contributed by atoms with Gasteiger partial charge in [-0.05, 0) is 42.2 Å². The van der Waals surface area contributed by atoms with Crippen LogP contribution in [-0.4, -0.2) is 42.8 Å². The monoisotopic (exact) mass is 360 g/mol. The summed E-state index contributed by atoms with van der Waals surface area (Å²) in [5.41, 5.74) is 1.59. The Labute approximate surface area is 147 Å². The highest BCUT2D eigenvalue weighted by molar-refractivity contribution is 8.00. The molecule has 2 aromatic rings. The van der Waals surface area contributed by atoms with Crippen LogP contribution in [-0.2, 0) is 11.2 Å². The van der Waals surface area contributed by atoms with Crippen molar-refractivity contribution in [3.8, 4) is 0 Å². The summed E-state index contributed by atoms with van der Waals surface area (Å²) in [6, 6.07) is 5.03. The number of carbonyl (C=O) groups is 1. The van der Waals surface area contributed by atoms with Crippen LogP contribution in [0.4, 0.5) is 11.4 Å². The fourth-order valence-electron chi connectivity index (χ4n) is 2.95. The third-order valence-corrected chi connectivity index (χ3v) is 5.46. The Kier molecular flexibility index (Phi) is 3.91. The molecule has 1 amide bonds. The molecule has 1 aromatic carbocycles. The number of carbonyl (C=O) groups excluding carboxylic acids is 1. The molecule has 9 nitrogen and oxygen atoms in total. The number of hydrogen-bond donors (Lipinski definition) is 0. The zero-order valence-electron chi connectivity index (χ0n) is 13.5. The Morgan fingerprint density at radius 3 is 2.96 bits per heavy atom. The van der Waals surface area contributed by atoms with Gasteiger partial charge in [-0.15, -0.1) is 5.10 Å². The van der Waals surface area contributed by atoms with E-state index in [2.05, 4.69) is 15.5 Å². The molecule has 1 unspecified atom stereocenters. The smallest absolute Gasteiger partial charge is 0.271 e. The van der Waals surface area contributed by atoms with Gasteiger partial charge in [0.25, 0.3) is 5.69 Å². The number of hydrogen-bond acceptors (Lipinski definition) is 7. The molecule has 2 aliphatic rings. The van der Waals surface area contributed by atoms with Crippen molar-refractivity contribution >= 4 is 29.0 Å². The third-order valence-electron chi connectivity index (χ3n) is 4.43. The van der Waals surface area contributed by atoms with Crippen molar-refractivity contribution in [2.75, 3.05) is 11.4 Å². The minimum atomic E-state index is -0.441. The third kappa shape index (κ3) is 2.97. The van der Waals surface area contributed by atoms with Crippen LogP contribution in [0, 0.1) is 10.1 Å². The Balaban J connectivity index is 1.53. The lowest BCUT2D eigenvalue weighted by Gasteiger charge is -2.21. The van der Waals surface area contributed by atoms with Gasteiger partial charge in [0, 0.05) is 18.7 Å². The first-order valence-electron chi connectivity index (χ1n) is 8.08. The van der Waals surface area contributed by atoms with Gasteiger partial charge in [-0.2, -0.15) is 0 Å². The number of non-ortho nitro benzene ring substituents is 1. The van der Waals surface area contributed by atoms with Crippen molar-refractivity contribution in [2.45, 2.75) is 42.6 Å². The van der Waals surface area contributed by atoms with E-state index in [-0.39, 0.29) is 16.8 Å². The average molecular weight is 360 g/mol. The average Bonchev–Trinajstić information content (AvgIpc) is 3.19. The molecule has 0 saturated heterocycles. The minimum Gasteiger partial charge on any atom is -0.311 e. The first-order chi connectivity index (χ1) is 12.0. The van der Waals surface area contributed by atoms with Crippen LogP contribution in [0.1, 0.15) is 31.4 Å². The Bertz CT molecular complexity index is 850. The standard InChI is InChI=1S/C15H16N6O3S/c1-9(25-15-16-17-18-20(15)11-4-5-11)14(22)19-7-6-10-2-3-12(21(23)24)8-13(10)19/h2-3,8-9,11H,4-7H2,1H3. The van der Waals surface area contributed by atoms with Gasteiger partial charge >= 0.3 is 0 Å². The quantitative estimate of drug-likeness (QED) is 0.456. The number of benzene rings is 1. The Morgan fingerprint density at radius 1 is 1.44 bits per heavy atom. The zero-order chi connectivity index (χ0) is 17.6. The molecule has 4 rings (SSSR count). The van der Waals surface area contributed by atoms with Crippen LogP contribution < -0.4 is 4.90 Å². The van der Waals surface area contributed by atoms with E-state index in [1.165, 1.54) is 23.9 Å². The number of nitrogens with zero attached hydrogens (tertiary/aromatic N) is 6. The summed E-state index contributed by atoms with van der Waals surface area (Å²) in [5, 5.41) is 23.0. The molecular weight excluding hydrogens is 344 g/mol. The van der Waals surface area contributed by atoms with Gasteiger partial charge in [0.15, 0.2) is 0 Å². The van der Waals surface area contributed by atoms with Crippen LogP contribution in [0.2, 0.25) is 0 Å². The molecule has 0 bridgehead atoms. The van der Waals surface area contributed by atoms with Crippen LogP contribution in [0.25, 0.3) is 0 Å². The second-order valence-corrected chi connectivity index (χ2v) is 7.52. The SMILES string of the molecule is CC(Sc1nnnn1C1CC1)C(=O)N1CCc2ccc([N+](=O)[O-])cc21. The van der Waals surface area contributed by atoms with Gasteiger partial charge in [-0.3, -0.25) is 14.9 Å². The van der Waals surface area contributed by atoms with Crippen molar-refractivity contribution in [2.24, 2.45) is 0 Å². The molecule has 0 radical (unpaired) electrons. The summed E-state index contributed by atoms with van der Waals surface area (Å²) in [7, 11) is 0. The number of anilines is 1. The number of nitro benzene ring substituents is 1. The molecule has 1 fully saturated rings. The molecule has 10 heteroatoms. The molecule has 25 heavy (non-hydrogen) atoms. The number of tetrazole rings is 1. The molecule has 1 aliphatic carbocycles. The summed E-state index contributed by atoms with van der Waals surface area (Å²) < 4.78 is 1.78. The molecular formula is C15H16N6O3S. The molecule has 1 atom stereocenters. The molecule has 2 heterocycles. The summed E-state index contributed by atoms with van der Waals surface area (Å²) in [5.74, 6) is -0.0883. The largest absolute Gasteiger partial charge is 0.311 e. The van der Waals surface area contributed by atoms with Crippen LogP contribution in [0.3, 0.4) is 0 Å². The maximum absolute atomic E-state index is 12.9. The van der Waals surface area contributed by atoms with E-state index < -0.39 is 4.92 Å². The van der Waals surface area contributed by atoms with E-state index in [0.29, 0.717) is 29.9 Å². The molecule has 1 saturated carbocycles. The van der Waals surface area contributed by atoms with Gasteiger partial charge in [-0.25, -0.2) is 4.68 Å². The summed E-state index contributed by atoms with van der Waals surface area (Å²) in [4.78, 5) is 25.1. The van der Waals surface area contributed by atoms with Gasteiger partial charge in [0.2, 0.25) is 11.1 Å². The van der Waals surface area contributed by atoms with Crippen molar-refractivity contribution < 1.29 is 9.72 Å². The van der Waals surface area contributed by atoms with Crippen molar-refractivity contribution in [1.82, 2.24) is 20.2 Å². The van der Waals surface area contributed by atoms with Gasteiger partial charge in [-0.1, -0.05) is 17.8 Å². The highest BCUT2D eigenvalue weighted by Gasteiger charge is 2.33. The highest BCUT2D eigenvalue weighted by atomic mass is 32.2. The van der Waals surface area contributed by atoms with Crippen LogP contribution in [0.5, 0.6) is 0 Å². The van der Waals surface area contributed by atoms with E-state index in [4.69, 9.17) is 0 Å². The number of nitro groups is 1. The highest BCUT2D eigenvalue weighted by Crippen LogP contribution is 2.38. The maximum Gasteiger partial charge on any atom is 0.271 e. The fourth-order valence-corrected chi connectivity index (χ4v) is 3.87. The van der Waals surface area contributed by atoms with Crippen molar-refractivity contribution in [1.29, 1.82) is 0 Å². The van der Waals surface area contributed by atoms with E-state index in [9.17, 15) is 14.9 Å². The number of thioether (sulfide) groups is 1. The molecule has 1 aromatic heterocycles. The number of fused-ring (bicyclic) bond motifs is 1. The van der Waals surface area contributed by atoms with E-state index in [0.717, 1.165) is 18.4 Å². The topological polar surface area (TPSA) is 107 Å². The zero-order valence-corrected chi connectivity index (χ0v) is 14.3.